The Labute approximate surface area is 132 Å². The van der Waals surface area contributed by atoms with Crippen molar-refractivity contribution in [2.45, 2.75) is 30.7 Å². The minimum absolute atomic E-state index is 0.156. The molecule has 0 aliphatic carbocycles. The fraction of sp³-hybridized carbons (Fsp3) is 0.500. The van der Waals surface area contributed by atoms with Crippen molar-refractivity contribution in [3.63, 3.8) is 0 Å². The zero-order chi connectivity index (χ0) is 16.6. The van der Waals surface area contributed by atoms with Gasteiger partial charge in [-0.2, -0.15) is 9.40 Å². The Morgan fingerprint density at radius 1 is 1.48 bits per heavy atom. The fourth-order valence-electron chi connectivity index (χ4n) is 2.65. The molecule has 3 rings (SSSR count). The maximum Gasteiger partial charge on any atom is 0.358 e. The number of carboxylic acid groups (broad SMARTS) is 1. The number of carboxylic acids is 1. The van der Waals surface area contributed by atoms with Crippen LogP contribution in [0.2, 0.25) is 0 Å². The van der Waals surface area contributed by atoms with Gasteiger partial charge in [0.2, 0.25) is 10.0 Å². The quantitative estimate of drug-likeness (QED) is 0.802. The molecule has 11 heteroatoms. The zero-order valence-corrected chi connectivity index (χ0v) is 13.2. The summed E-state index contributed by atoms with van der Waals surface area (Å²) in [5.74, 6) is -1.16. The molecule has 0 aromatic carbocycles. The van der Waals surface area contributed by atoms with Crippen molar-refractivity contribution in [1.82, 2.24) is 29.5 Å². The van der Waals surface area contributed by atoms with Crippen molar-refractivity contribution < 1.29 is 18.3 Å². The predicted molar refractivity (Wildman–Crippen MR) is 77.3 cm³/mol. The third-order valence-electron chi connectivity index (χ3n) is 3.86. The van der Waals surface area contributed by atoms with Crippen LogP contribution >= 0.6 is 0 Å². The molecular weight excluding hydrogens is 324 g/mol. The van der Waals surface area contributed by atoms with Gasteiger partial charge in [0.1, 0.15) is 4.90 Å². The standard InChI is InChI=1S/C12H16N6O4S/c1-8-11(5-13-14-8)23(21,22)17-4-2-3-9(6-17)18-7-10(12(19)20)15-16-18/h5,7,9H,2-4,6H2,1H3,(H,13,14)(H,19,20). The van der Waals surface area contributed by atoms with Crippen LogP contribution in [0.5, 0.6) is 0 Å². The van der Waals surface area contributed by atoms with Crippen molar-refractivity contribution in [2.75, 3.05) is 13.1 Å². The molecule has 0 bridgehead atoms. The molecule has 23 heavy (non-hydrogen) atoms. The van der Waals surface area contributed by atoms with E-state index in [1.54, 1.807) is 6.92 Å². The maximum atomic E-state index is 12.7. The van der Waals surface area contributed by atoms with Gasteiger partial charge in [0, 0.05) is 13.1 Å². The van der Waals surface area contributed by atoms with Crippen LogP contribution in [0.1, 0.15) is 35.1 Å². The molecule has 0 spiro atoms. The highest BCUT2D eigenvalue weighted by Gasteiger charge is 2.33. The molecule has 2 N–H and O–H groups in total. The number of sulfonamides is 1. The third kappa shape index (κ3) is 2.84. The smallest absolute Gasteiger partial charge is 0.358 e. The van der Waals surface area contributed by atoms with Crippen LogP contribution in [0.3, 0.4) is 0 Å². The number of rotatable bonds is 4. The average Bonchev–Trinajstić information content (AvgIpc) is 3.16. The summed E-state index contributed by atoms with van der Waals surface area (Å²) in [6, 6.07) is -0.244. The van der Waals surface area contributed by atoms with Crippen molar-refractivity contribution in [1.29, 1.82) is 0 Å². The number of aromatic amines is 1. The molecule has 0 saturated carbocycles. The molecule has 0 amide bonds. The van der Waals surface area contributed by atoms with Gasteiger partial charge in [0.05, 0.1) is 24.1 Å². The number of aromatic carboxylic acids is 1. The molecule has 1 fully saturated rings. The summed E-state index contributed by atoms with van der Waals surface area (Å²) < 4.78 is 28.2. The topological polar surface area (TPSA) is 134 Å². The molecule has 124 valence electrons. The highest BCUT2D eigenvalue weighted by Crippen LogP contribution is 2.26. The van der Waals surface area contributed by atoms with Crippen LogP contribution in [-0.4, -0.2) is 62.1 Å². The number of hydrogen-bond acceptors (Lipinski definition) is 6. The summed E-state index contributed by atoms with van der Waals surface area (Å²) in [4.78, 5) is 11.0. The van der Waals surface area contributed by atoms with E-state index >= 15 is 0 Å². The Bertz CT molecular complexity index is 826. The molecule has 2 aromatic rings. The summed E-state index contributed by atoms with van der Waals surface area (Å²) in [7, 11) is -3.64. The minimum Gasteiger partial charge on any atom is -0.476 e. The number of aryl methyl sites for hydroxylation is 1. The Hall–Kier alpha value is -2.27. The normalized spacial score (nSPS) is 19.8. The minimum atomic E-state index is -3.64. The molecule has 1 saturated heterocycles. The molecule has 1 aliphatic heterocycles. The van der Waals surface area contributed by atoms with E-state index in [1.807, 2.05) is 0 Å². The van der Waals surface area contributed by atoms with Crippen LogP contribution in [-0.2, 0) is 10.0 Å². The summed E-state index contributed by atoms with van der Waals surface area (Å²) in [5.41, 5.74) is 0.330. The van der Waals surface area contributed by atoms with E-state index in [0.717, 1.165) is 0 Å². The van der Waals surface area contributed by atoms with Crippen molar-refractivity contribution >= 4 is 16.0 Å². The summed E-state index contributed by atoms with van der Waals surface area (Å²) in [6.45, 7) is 2.27. The van der Waals surface area contributed by atoms with Gasteiger partial charge in [-0.15, -0.1) is 5.10 Å². The molecule has 0 radical (unpaired) electrons. The first-order valence-electron chi connectivity index (χ1n) is 7.05. The lowest BCUT2D eigenvalue weighted by Crippen LogP contribution is -2.40. The Balaban J connectivity index is 1.83. The number of H-pyrrole nitrogens is 1. The van der Waals surface area contributed by atoms with Crippen LogP contribution in [0.25, 0.3) is 0 Å². The lowest BCUT2D eigenvalue weighted by molar-refractivity contribution is 0.0690. The molecular formula is C12H16N6O4S. The Morgan fingerprint density at radius 2 is 2.26 bits per heavy atom. The van der Waals surface area contributed by atoms with Crippen LogP contribution in [0.4, 0.5) is 0 Å². The lowest BCUT2D eigenvalue weighted by Gasteiger charge is -2.31. The Kier molecular flexibility index (Phi) is 3.90. The van der Waals surface area contributed by atoms with Gasteiger partial charge < -0.3 is 5.11 Å². The van der Waals surface area contributed by atoms with Gasteiger partial charge in [-0.05, 0) is 19.8 Å². The highest BCUT2D eigenvalue weighted by molar-refractivity contribution is 7.89. The van der Waals surface area contributed by atoms with Gasteiger partial charge in [-0.1, -0.05) is 5.21 Å². The van der Waals surface area contributed by atoms with E-state index in [1.165, 1.54) is 21.4 Å². The fourth-order valence-corrected chi connectivity index (χ4v) is 4.28. The first kappa shape index (κ1) is 15.6. The van der Waals surface area contributed by atoms with E-state index in [-0.39, 0.29) is 23.2 Å². The van der Waals surface area contributed by atoms with Gasteiger partial charge >= 0.3 is 5.97 Å². The predicted octanol–water partition coefficient (Wildman–Crippen LogP) is 0.0336. The van der Waals surface area contributed by atoms with Gasteiger partial charge in [0.15, 0.2) is 5.69 Å². The second kappa shape index (κ2) is 5.74. The second-order valence-electron chi connectivity index (χ2n) is 5.41. The summed E-state index contributed by atoms with van der Waals surface area (Å²) in [6.07, 6.45) is 3.99. The van der Waals surface area contributed by atoms with Crippen LogP contribution < -0.4 is 0 Å². The molecule has 3 heterocycles. The van der Waals surface area contributed by atoms with E-state index in [9.17, 15) is 13.2 Å². The number of nitrogens with zero attached hydrogens (tertiary/aromatic N) is 5. The third-order valence-corrected chi connectivity index (χ3v) is 5.84. The first-order chi connectivity index (χ1) is 10.9. The maximum absolute atomic E-state index is 12.7. The van der Waals surface area contributed by atoms with E-state index < -0.39 is 16.0 Å². The van der Waals surface area contributed by atoms with Gasteiger partial charge in [-0.25, -0.2) is 17.9 Å². The van der Waals surface area contributed by atoms with Crippen molar-refractivity contribution in [2.24, 2.45) is 0 Å². The molecule has 10 nitrogen and oxygen atoms in total. The number of aromatic nitrogens is 5. The number of hydrogen-bond donors (Lipinski definition) is 2. The van der Waals surface area contributed by atoms with Crippen LogP contribution in [0, 0.1) is 6.92 Å². The van der Waals surface area contributed by atoms with E-state index in [2.05, 4.69) is 20.5 Å². The average molecular weight is 340 g/mol. The first-order valence-corrected chi connectivity index (χ1v) is 8.49. The zero-order valence-electron chi connectivity index (χ0n) is 12.4. The van der Waals surface area contributed by atoms with Crippen molar-refractivity contribution in [3.8, 4) is 0 Å². The largest absolute Gasteiger partial charge is 0.476 e. The lowest BCUT2D eigenvalue weighted by atomic mass is 10.1. The van der Waals surface area contributed by atoms with Crippen LogP contribution in [0.15, 0.2) is 17.3 Å². The molecule has 1 unspecified atom stereocenters. The Morgan fingerprint density at radius 3 is 2.87 bits per heavy atom. The number of piperidine rings is 1. The summed E-state index contributed by atoms with van der Waals surface area (Å²) >= 11 is 0. The number of carbonyl (C=O) groups is 1. The van der Waals surface area contributed by atoms with E-state index in [4.69, 9.17) is 5.11 Å². The van der Waals surface area contributed by atoms with E-state index in [0.29, 0.717) is 25.1 Å². The SMILES string of the molecule is Cc1[nH]ncc1S(=O)(=O)N1CCCC(n2cc(C(=O)O)nn2)C1. The summed E-state index contributed by atoms with van der Waals surface area (Å²) in [5, 5.41) is 22.7. The highest BCUT2D eigenvalue weighted by atomic mass is 32.2. The molecule has 1 aliphatic rings. The van der Waals surface area contributed by atoms with Crippen molar-refractivity contribution in [3.05, 3.63) is 23.8 Å². The monoisotopic (exact) mass is 340 g/mol. The molecule has 2 aromatic heterocycles. The number of nitrogens with one attached hydrogen (secondary N) is 1. The van der Waals surface area contributed by atoms with Gasteiger partial charge in [0.25, 0.3) is 0 Å². The second-order valence-corrected chi connectivity index (χ2v) is 7.31. The van der Waals surface area contributed by atoms with Gasteiger partial charge in [-0.3, -0.25) is 5.10 Å². The molecule has 1 atom stereocenters.